The van der Waals surface area contributed by atoms with Crippen molar-refractivity contribution in [3.63, 3.8) is 0 Å². The van der Waals surface area contributed by atoms with Crippen LogP contribution in [-0.4, -0.2) is 36.6 Å². The fraction of sp³-hybridized carbons (Fsp3) is 0.750. The number of thiol groups is 1. The van der Waals surface area contributed by atoms with E-state index >= 15 is 0 Å². The van der Waals surface area contributed by atoms with Crippen molar-refractivity contribution in [3.8, 4) is 0 Å². The minimum atomic E-state index is -0.262. The first-order valence-corrected chi connectivity index (χ1v) is 5.99. The van der Waals surface area contributed by atoms with Gasteiger partial charge in [-0.2, -0.15) is 0 Å². The minimum absolute atomic E-state index is 0.262. The summed E-state index contributed by atoms with van der Waals surface area (Å²) in [7, 11) is 0. The molecule has 0 bridgehead atoms. The van der Waals surface area contributed by atoms with Gasteiger partial charge in [-0.15, -0.1) is 12.6 Å². The van der Waals surface area contributed by atoms with Crippen molar-refractivity contribution in [3.05, 3.63) is 11.0 Å². The van der Waals surface area contributed by atoms with Gasteiger partial charge in [0.05, 0.1) is 12.1 Å². The molecule has 0 aromatic carbocycles. The van der Waals surface area contributed by atoms with Gasteiger partial charge in [0.15, 0.2) is 0 Å². The molecule has 3 N–H and O–H groups in total. The molecule has 0 heterocycles. The SMILES string of the molecule is CSNCC(O)CCNC1C=C1S. The van der Waals surface area contributed by atoms with E-state index in [1.165, 1.54) is 11.9 Å². The van der Waals surface area contributed by atoms with Gasteiger partial charge in [-0.1, -0.05) is 18.0 Å². The van der Waals surface area contributed by atoms with E-state index in [2.05, 4.69) is 28.7 Å². The molecule has 0 saturated heterocycles. The van der Waals surface area contributed by atoms with Crippen molar-refractivity contribution in [1.29, 1.82) is 0 Å². The lowest BCUT2D eigenvalue weighted by Gasteiger charge is -2.10. The second-order valence-electron chi connectivity index (χ2n) is 3.02. The summed E-state index contributed by atoms with van der Waals surface area (Å²) in [5.41, 5.74) is 0. The van der Waals surface area contributed by atoms with Crippen LogP contribution in [0.4, 0.5) is 0 Å². The highest BCUT2D eigenvalue weighted by atomic mass is 32.2. The first kappa shape index (κ1) is 11.4. The summed E-state index contributed by atoms with van der Waals surface area (Å²) < 4.78 is 3.02. The van der Waals surface area contributed by atoms with Gasteiger partial charge in [0.2, 0.25) is 0 Å². The highest BCUT2D eigenvalue weighted by Crippen LogP contribution is 2.22. The zero-order chi connectivity index (χ0) is 9.68. The highest BCUT2D eigenvalue weighted by molar-refractivity contribution is 7.96. The third kappa shape index (κ3) is 4.93. The molecule has 2 atom stereocenters. The van der Waals surface area contributed by atoms with Crippen molar-refractivity contribution < 1.29 is 5.11 Å². The molecule has 0 aromatic rings. The Morgan fingerprint density at radius 3 is 3.00 bits per heavy atom. The van der Waals surface area contributed by atoms with Crippen LogP contribution in [0.15, 0.2) is 11.0 Å². The quantitative estimate of drug-likeness (QED) is 0.370. The zero-order valence-corrected chi connectivity index (χ0v) is 9.37. The van der Waals surface area contributed by atoms with Crippen molar-refractivity contribution >= 4 is 24.6 Å². The van der Waals surface area contributed by atoms with Crippen LogP contribution in [-0.2, 0) is 0 Å². The van der Waals surface area contributed by atoms with Crippen molar-refractivity contribution in [2.75, 3.05) is 19.3 Å². The molecule has 0 aliphatic heterocycles. The lowest BCUT2D eigenvalue weighted by atomic mass is 10.2. The summed E-state index contributed by atoms with van der Waals surface area (Å²) in [6.45, 7) is 1.48. The van der Waals surface area contributed by atoms with E-state index in [4.69, 9.17) is 0 Å². The van der Waals surface area contributed by atoms with Gasteiger partial charge in [0, 0.05) is 11.4 Å². The molecule has 3 nitrogen and oxygen atoms in total. The lowest BCUT2D eigenvalue weighted by molar-refractivity contribution is 0.169. The number of rotatable bonds is 7. The number of aliphatic hydroxyl groups excluding tert-OH is 1. The first-order valence-electron chi connectivity index (χ1n) is 4.32. The molecule has 76 valence electrons. The van der Waals surface area contributed by atoms with Gasteiger partial charge in [-0.3, -0.25) is 4.72 Å². The van der Waals surface area contributed by atoms with Gasteiger partial charge in [-0.25, -0.2) is 0 Å². The maximum Gasteiger partial charge on any atom is 0.0686 e. The van der Waals surface area contributed by atoms with E-state index in [0.717, 1.165) is 17.9 Å². The van der Waals surface area contributed by atoms with E-state index < -0.39 is 0 Å². The summed E-state index contributed by atoms with van der Waals surface area (Å²) in [5.74, 6) is 0. The minimum Gasteiger partial charge on any atom is -0.392 e. The molecule has 5 heteroatoms. The highest BCUT2D eigenvalue weighted by Gasteiger charge is 2.19. The molecule has 1 aliphatic rings. The van der Waals surface area contributed by atoms with Crippen LogP contribution in [0.2, 0.25) is 0 Å². The maximum absolute atomic E-state index is 9.43. The first-order chi connectivity index (χ1) is 6.24. The molecular formula is C8H16N2OS2. The van der Waals surface area contributed by atoms with Gasteiger partial charge >= 0.3 is 0 Å². The predicted molar refractivity (Wildman–Crippen MR) is 61.0 cm³/mol. The Bertz CT molecular complexity index is 187. The fourth-order valence-corrected chi connectivity index (χ4v) is 1.57. The van der Waals surface area contributed by atoms with E-state index in [1.54, 1.807) is 0 Å². The van der Waals surface area contributed by atoms with E-state index in [9.17, 15) is 5.11 Å². The monoisotopic (exact) mass is 220 g/mol. The van der Waals surface area contributed by atoms with Crippen LogP contribution in [0.5, 0.6) is 0 Å². The molecular weight excluding hydrogens is 204 g/mol. The van der Waals surface area contributed by atoms with E-state index in [1.807, 2.05) is 6.26 Å². The molecule has 0 spiro atoms. The van der Waals surface area contributed by atoms with Gasteiger partial charge in [-0.05, 0) is 19.2 Å². The molecule has 0 saturated carbocycles. The predicted octanol–water partition coefficient (Wildman–Crippen LogP) is 0.390. The van der Waals surface area contributed by atoms with Crippen molar-refractivity contribution in [2.45, 2.75) is 18.6 Å². The van der Waals surface area contributed by atoms with Crippen LogP contribution in [0.1, 0.15) is 6.42 Å². The summed E-state index contributed by atoms with van der Waals surface area (Å²) >= 11 is 5.70. The summed E-state index contributed by atoms with van der Waals surface area (Å²) in [5, 5.41) is 12.7. The Kier molecular flexibility index (Phi) is 5.20. The van der Waals surface area contributed by atoms with Gasteiger partial charge in [0.25, 0.3) is 0 Å². The Morgan fingerprint density at radius 1 is 1.77 bits per heavy atom. The lowest BCUT2D eigenvalue weighted by Crippen LogP contribution is -2.28. The largest absolute Gasteiger partial charge is 0.392 e. The van der Waals surface area contributed by atoms with Crippen LogP contribution in [0.25, 0.3) is 0 Å². The standard InChI is InChI=1S/C8H16N2OS2/c1-13-10-5-6(11)2-3-9-7-4-8(7)12/h4,6-7,9-12H,2-3,5H2,1H3. The summed E-state index contributed by atoms with van der Waals surface area (Å²) in [6.07, 6.45) is 4.52. The smallest absolute Gasteiger partial charge is 0.0686 e. The Balaban J connectivity index is 1.87. The van der Waals surface area contributed by atoms with E-state index in [0.29, 0.717) is 12.6 Å². The molecule has 0 aromatic heterocycles. The molecule has 1 aliphatic carbocycles. The third-order valence-corrected chi connectivity index (χ3v) is 2.73. The van der Waals surface area contributed by atoms with Crippen molar-refractivity contribution in [1.82, 2.24) is 10.0 Å². The molecule has 1 rings (SSSR count). The molecule has 0 fully saturated rings. The van der Waals surface area contributed by atoms with Crippen LogP contribution in [0.3, 0.4) is 0 Å². The van der Waals surface area contributed by atoms with Crippen LogP contribution >= 0.6 is 24.6 Å². The Morgan fingerprint density at radius 2 is 2.46 bits per heavy atom. The molecule has 13 heavy (non-hydrogen) atoms. The second kappa shape index (κ2) is 5.93. The van der Waals surface area contributed by atoms with Crippen LogP contribution < -0.4 is 10.0 Å². The van der Waals surface area contributed by atoms with Gasteiger partial charge < -0.3 is 10.4 Å². The molecule has 2 unspecified atom stereocenters. The number of nitrogens with one attached hydrogen (secondary N) is 2. The molecule has 0 amide bonds. The normalized spacial score (nSPS) is 22.7. The third-order valence-electron chi connectivity index (χ3n) is 1.85. The number of hydrogen-bond acceptors (Lipinski definition) is 5. The second-order valence-corrected chi connectivity index (χ2v) is 4.23. The Labute approximate surface area is 88.9 Å². The Hall–Kier alpha value is 0.320. The van der Waals surface area contributed by atoms with Gasteiger partial charge in [0.1, 0.15) is 0 Å². The van der Waals surface area contributed by atoms with Crippen molar-refractivity contribution in [2.24, 2.45) is 0 Å². The topological polar surface area (TPSA) is 44.3 Å². The fourth-order valence-electron chi connectivity index (χ4n) is 0.973. The zero-order valence-electron chi connectivity index (χ0n) is 7.66. The molecule has 0 radical (unpaired) electrons. The summed E-state index contributed by atoms with van der Waals surface area (Å²) in [6, 6.07) is 0.379. The van der Waals surface area contributed by atoms with Crippen LogP contribution in [0, 0.1) is 0 Å². The average molecular weight is 220 g/mol. The number of aliphatic hydroxyl groups is 1. The van der Waals surface area contributed by atoms with E-state index in [-0.39, 0.29) is 6.10 Å². The average Bonchev–Trinajstić information content (AvgIpc) is 2.79. The maximum atomic E-state index is 9.43. The summed E-state index contributed by atoms with van der Waals surface area (Å²) in [4.78, 5) is 1.11. The number of hydrogen-bond donors (Lipinski definition) is 4.